The van der Waals surface area contributed by atoms with Crippen molar-refractivity contribution in [2.45, 2.75) is 45.6 Å². The number of amides is 2. The molecule has 6 heteroatoms. The summed E-state index contributed by atoms with van der Waals surface area (Å²) in [6.07, 6.45) is 1.36. The van der Waals surface area contributed by atoms with E-state index in [9.17, 15) is 9.59 Å². The first-order chi connectivity index (χ1) is 12.0. The SMILES string of the molecule is CC(C)c1ccc(-c2csc(NC(=O)C(C)N3CCCC3=O)n2)cc1. The number of likely N-dealkylation sites (tertiary alicyclic amines) is 1. The molecule has 1 atom stereocenters. The lowest BCUT2D eigenvalue weighted by atomic mass is 10.0. The van der Waals surface area contributed by atoms with Crippen molar-refractivity contribution in [3.05, 3.63) is 35.2 Å². The Bertz CT molecular complexity index is 767. The number of aromatic nitrogens is 1. The first kappa shape index (κ1) is 17.6. The van der Waals surface area contributed by atoms with Gasteiger partial charge in [0.1, 0.15) is 6.04 Å². The van der Waals surface area contributed by atoms with Crippen molar-refractivity contribution in [2.24, 2.45) is 0 Å². The van der Waals surface area contributed by atoms with Crippen LogP contribution in [0.2, 0.25) is 0 Å². The van der Waals surface area contributed by atoms with Crippen LogP contribution in [0.15, 0.2) is 29.6 Å². The van der Waals surface area contributed by atoms with E-state index in [2.05, 4.69) is 48.4 Å². The van der Waals surface area contributed by atoms with Gasteiger partial charge in [-0.25, -0.2) is 4.98 Å². The lowest BCUT2D eigenvalue weighted by Gasteiger charge is -2.22. The summed E-state index contributed by atoms with van der Waals surface area (Å²) in [5.41, 5.74) is 3.17. The molecule has 2 aromatic rings. The standard InChI is InChI=1S/C19H23N3O2S/c1-12(2)14-6-8-15(9-7-14)16-11-25-19(20-16)21-18(24)13(3)22-10-4-5-17(22)23/h6-9,11-13H,4-5,10H2,1-3H3,(H,20,21,24). The van der Waals surface area contributed by atoms with E-state index in [-0.39, 0.29) is 11.8 Å². The topological polar surface area (TPSA) is 62.3 Å². The summed E-state index contributed by atoms with van der Waals surface area (Å²) in [6, 6.07) is 7.87. The van der Waals surface area contributed by atoms with E-state index in [0.29, 0.717) is 24.0 Å². The highest BCUT2D eigenvalue weighted by molar-refractivity contribution is 7.14. The van der Waals surface area contributed by atoms with Crippen LogP contribution in [0, 0.1) is 0 Å². The first-order valence-corrected chi connectivity index (χ1v) is 9.50. The third kappa shape index (κ3) is 3.90. The van der Waals surface area contributed by atoms with Crippen molar-refractivity contribution >= 4 is 28.3 Å². The first-order valence-electron chi connectivity index (χ1n) is 8.62. The summed E-state index contributed by atoms with van der Waals surface area (Å²) in [4.78, 5) is 30.3. The summed E-state index contributed by atoms with van der Waals surface area (Å²) < 4.78 is 0. The molecule has 1 aromatic heterocycles. The number of carbonyl (C=O) groups excluding carboxylic acids is 2. The highest BCUT2D eigenvalue weighted by Crippen LogP contribution is 2.27. The van der Waals surface area contributed by atoms with Crippen LogP contribution >= 0.6 is 11.3 Å². The van der Waals surface area contributed by atoms with E-state index in [4.69, 9.17) is 0 Å². The number of anilines is 1. The molecular weight excluding hydrogens is 334 g/mol. The molecule has 0 bridgehead atoms. The Labute approximate surface area is 152 Å². The van der Waals surface area contributed by atoms with Crippen LogP contribution in [0.1, 0.15) is 45.1 Å². The van der Waals surface area contributed by atoms with Crippen molar-refractivity contribution in [3.63, 3.8) is 0 Å². The fourth-order valence-electron chi connectivity index (χ4n) is 2.93. The van der Waals surface area contributed by atoms with Crippen molar-refractivity contribution in [1.29, 1.82) is 0 Å². The smallest absolute Gasteiger partial charge is 0.248 e. The highest BCUT2D eigenvalue weighted by atomic mass is 32.1. The molecule has 3 rings (SSSR count). The normalized spacial score (nSPS) is 15.7. The average molecular weight is 357 g/mol. The quantitative estimate of drug-likeness (QED) is 0.883. The van der Waals surface area contributed by atoms with Gasteiger partial charge in [0.25, 0.3) is 0 Å². The van der Waals surface area contributed by atoms with Gasteiger partial charge < -0.3 is 10.2 Å². The molecule has 1 aliphatic rings. The predicted molar refractivity (Wildman–Crippen MR) is 101 cm³/mol. The summed E-state index contributed by atoms with van der Waals surface area (Å²) in [7, 11) is 0. The third-order valence-corrected chi connectivity index (χ3v) is 5.32. The molecule has 0 spiro atoms. The summed E-state index contributed by atoms with van der Waals surface area (Å²) in [6.45, 7) is 6.74. The van der Waals surface area contributed by atoms with Crippen LogP contribution in [0.5, 0.6) is 0 Å². The van der Waals surface area contributed by atoms with Crippen molar-refractivity contribution in [3.8, 4) is 11.3 Å². The van der Waals surface area contributed by atoms with Gasteiger partial charge in [0.2, 0.25) is 11.8 Å². The second-order valence-corrected chi connectivity index (χ2v) is 7.53. The molecule has 1 N–H and O–H groups in total. The van der Waals surface area contributed by atoms with Crippen LogP contribution in [0.4, 0.5) is 5.13 Å². The molecule has 132 valence electrons. The molecule has 1 aromatic carbocycles. The van der Waals surface area contributed by atoms with E-state index < -0.39 is 6.04 Å². The molecule has 0 saturated carbocycles. The number of nitrogens with zero attached hydrogens (tertiary/aromatic N) is 2. The van der Waals surface area contributed by atoms with Gasteiger partial charge in [-0.2, -0.15) is 0 Å². The average Bonchev–Trinajstić information content (AvgIpc) is 3.23. The summed E-state index contributed by atoms with van der Waals surface area (Å²) in [5, 5.41) is 5.33. The van der Waals surface area contributed by atoms with Crippen LogP contribution in [-0.2, 0) is 9.59 Å². The number of rotatable bonds is 5. The van der Waals surface area contributed by atoms with Gasteiger partial charge in [0.15, 0.2) is 5.13 Å². The molecule has 1 fully saturated rings. The molecule has 1 saturated heterocycles. The van der Waals surface area contributed by atoms with Crippen LogP contribution in [0.3, 0.4) is 0 Å². The third-order valence-electron chi connectivity index (χ3n) is 4.56. The van der Waals surface area contributed by atoms with E-state index in [0.717, 1.165) is 17.7 Å². The second kappa shape index (κ2) is 7.35. The van der Waals surface area contributed by atoms with Gasteiger partial charge in [-0.3, -0.25) is 9.59 Å². The van der Waals surface area contributed by atoms with Crippen LogP contribution < -0.4 is 5.32 Å². The molecule has 2 heterocycles. The Hall–Kier alpha value is -2.21. The lowest BCUT2D eigenvalue weighted by molar-refractivity contribution is -0.134. The molecule has 5 nitrogen and oxygen atoms in total. The zero-order valence-corrected chi connectivity index (χ0v) is 15.6. The second-order valence-electron chi connectivity index (χ2n) is 6.67. The zero-order chi connectivity index (χ0) is 18.0. The Kier molecular flexibility index (Phi) is 5.18. The zero-order valence-electron chi connectivity index (χ0n) is 14.8. The fourth-order valence-corrected chi connectivity index (χ4v) is 3.66. The maximum Gasteiger partial charge on any atom is 0.248 e. The number of nitrogens with one attached hydrogen (secondary N) is 1. The summed E-state index contributed by atoms with van der Waals surface area (Å²) in [5.74, 6) is 0.355. The number of hydrogen-bond acceptors (Lipinski definition) is 4. The maximum atomic E-state index is 12.4. The monoisotopic (exact) mass is 357 g/mol. The molecular formula is C19H23N3O2S. The van der Waals surface area contributed by atoms with Gasteiger partial charge in [-0.15, -0.1) is 11.3 Å². The van der Waals surface area contributed by atoms with Gasteiger partial charge in [0.05, 0.1) is 5.69 Å². The molecule has 2 amide bonds. The maximum absolute atomic E-state index is 12.4. The van der Waals surface area contributed by atoms with Crippen molar-refractivity contribution < 1.29 is 9.59 Å². The highest BCUT2D eigenvalue weighted by Gasteiger charge is 2.29. The number of carbonyl (C=O) groups is 2. The van der Waals surface area contributed by atoms with E-state index >= 15 is 0 Å². The predicted octanol–water partition coefficient (Wildman–Crippen LogP) is 3.88. The molecule has 1 unspecified atom stereocenters. The Balaban J connectivity index is 1.67. The van der Waals surface area contributed by atoms with Crippen molar-refractivity contribution in [2.75, 3.05) is 11.9 Å². The van der Waals surface area contributed by atoms with Crippen LogP contribution in [-0.4, -0.2) is 34.3 Å². The van der Waals surface area contributed by atoms with Gasteiger partial charge in [-0.1, -0.05) is 38.1 Å². The van der Waals surface area contributed by atoms with Gasteiger partial charge in [0, 0.05) is 23.9 Å². The van der Waals surface area contributed by atoms with E-state index in [1.54, 1.807) is 11.8 Å². The Morgan fingerprint density at radius 1 is 1.24 bits per heavy atom. The molecule has 0 aliphatic carbocycles. The van der Waals surface area contributed by atoms with Crippen LogP contribution in [0.25, 0.3) is 11.3 Å². The Morgan fingerprint density at radius 2 is 1.96 bits per heavy atom. The van der Waals surface area contributed by atoms with Gasteiger partial charge in [-0.05, 0) is 24.8 Å². The fraction of sp³-hybridized carbons (Fsp3) is 0.421. The minimum atomic E-state index is -0.465. The minimum Gasteiger partial charge on any atom is -0.331 e. The molecule has 25 heavy (non-hydrogen) atoms. The Morgan fingerprint density at radius 3 is 2.56 bits per heavy atom. The lowest BCUT2D eigenvalue weighted by Crippen LogP contribution is -2.42. The molecule has 0 radical (unpaired) electrons. The van der Waals surface area contributed by atoms with Gasteiger partial charge >= 0.3 is 0 Å². The molecule has 1 aliphatic heterocycles. The minimum absolute atomic E-state index is 0.0488. The number of benzene rings is 1. The van der Waals surface area contributed by atoms with E-state index in [1.807, 2.05) is 5.38 Å². The number of hydrogen-bond donors (Lipinski definition) is 1. The largest absolute Gasteiger partial charge is 0.331 e. The number of thiazole rings is 1. The summed E-state index contributed by atoms with van der Waals surface area (Å²) >= 11 is 1.40. The van der Waals surface area contributed by atoms with Crippen molar-refractivity contribution in [1.82, 2.24) is 9.88 Å². The van der Waals surface area contributed by atoms with E-state index in [1.165, 1.54) is 16.9 Å².